The first-order valence-electron chi connectivity index (χ1n) is 9.11. The third-order valence-corrected chi connectivity index (χ3v) is 4.58. The quantitative estimate of drug-likeness (QED) is 0.513. The first kappa shape index (κ1) is 18.4. The number of hydrogen-bond donors (Lipinski definition) is 2. The second-order valence-electron chi connectivity index (χ2n) is 6.59. The van der Waals surface area contributed by atoms with Gasteiger partial charge in [-0.25, -0.2) is 4.98 Å². The van der Waals surface area contributed by atoms with Gasteiger partial charge in [-0.15, -0.1) is 0 Å². The van der Waals surface area contributed by atoms with Crippen LogP contribution in [0.1, 0.15) is 21.5 Å². The Morgan fingerprint density at radius 3 is 2.45 bits per heavy atom. The molecule has 7 nitrogen and oxygen atoms in total. The highest BCUT2D eigenvalue weighted by atomic mass is 16.2. The number of aromatic amines is 1. The number of hydrogen-bond acceptors (Lipinski definition) is 4. The van der Waals surface area contributed by atoms with Crippen molar-refractivity contribution < 1.29 is 4.79 Å². The molecule has 0 spiro atoms. The van der Waals surface area contributed by atoms with E-state index in [2.05, 4.69) is 15.3 Å². The molecule has 7 heteroatoms. The van der Waals surface area contributed by atoms with Crippen LogP contribution in [0.3, 0.4) is 0 Å². The molecule has 0 aliphatic rings. The van der Waals surface area contributed by atoms with E-state index < -0.39 is 11.1 Å². The van der Waals surface area contributed by atoms with Gasteiger partial charge in [-0.05, 0) is 35.4 Å². The van der Waals surface area contributed by atoms with Crippen molar-refractivity contribution in [3.63, 3.8) is 0 Å². The smallest absolute Gasteiger partial charge is 0.318 e. The topological polar surface area (TPSA) is 96.9 Å². The molecule has 2 N–H and O–H groups in total. The zero-order valence-corrected chi connectivity index (χ0v) is 15.5. The Morgan fingerprint density at radius 2 is 1.69 bits per heavy atom. The number of nitrogens with one attached hydrogen (secondary N) is 2. The molecule has 0 saturated carbocycles. The Balaban J connectivity index is 1.53. The summed E-state index contributed by atoms with van der Waals surface area (Å²) in [5.74, 6) is -0.180. The van der Waals surface area contributed by atoms with Crippen LogP contribution in [0.25, 0.3) is 11.2 Å². The van der Waals surface area contributed by atoms with Crippen LogP contribution in [0.4, 0.5) is 0 Å². The van der Waals surface area contributed by atoms with E-state index in [0.29, 0.717) is 23.3 Å². The minimum Gasteiger partial charge on any atom is -0.348 e. The van der Waals surface area contributed by atoms with Crippen molar-refractivity contribution >= 4 is 17.1 Å². The molecule has 0 radical (unpaired) electrons. The van der Waals surface area contributed by atoms with E-state index in [0.717, 1.165) is 11.1 Å². The average Bonchev–Trinajstić information content (AvgIpc) is 2.76. The summed E-state index contributed by atoms with van der Waals surface area (Å²) >= 11 is 0. The summed E-state index contributed by atoms with van der Waals surface area (Å²) in [6.45, 7) is 0.628. The number of carbonyl (C=O) groups excluding carboxylic acids is 1. The van der Waals surface area contributed by atoms with Crippen LogP contribution in [0.2, 0.25) is 0 Å². The molecule has 144 valence electrons. The van der Waals surface area contributed by atoms with Gasteiger partial charge < -0.3 is 10.3 Å². The molecule has 0 atom stereocenters. The third-order valence-electron chi connectivity index (χ3n) is 4.58. The molecule has 1 amide bonds. The first-order valence-corrected chi connectivity index (χ1v) is 9.11. The van der Waals surface area contributed by atoms with Gasteiger partial charge in [0.2, 0.25) is 0 Å². The van der Waals surface area contributed by atoms with Crippen LogP contribution in [0.15, 0.2) is 82.5 Å². The summed E-state index contributed by atoms with van der Waals surface area (Å²) in [5.41, 5.74) is 1.86. The zero-order valence-electron chi connectivity index (χ0n) is 15.5. The van der Waals surface area contributed by atoms with E-state index in [4.69, 9.17) is 0 Å². The molecule has 29 heavy (non-hydrogen) atoms. The van der Waals surface area contributed by atoms with Crippen LogP contribution >= 0.6 is 0 Å². The summed E-state index contributed by atoms with van der Waals surface area (Å²) in [6.07, 6.45) is 1.57. The second kappa shape index (κ2) is 7.93. The fourth-order valence-electron chi connectivity index (χ4n) is 3.08. The van der Waals surface area contributed by atoms with E-state index in [1.165, 1.54) is 4.57 Å². The molecule has 0 aliphatic heterocycles. The minimum atomic E-state index is -0.692. The van der Waals surface area contributed by atoms with Gasteiger partial charge in [0.25, 0.3) is 5.91 Å². The predicted octanol–water partition coefficient (Wildman–Crippen LogP) is 2.06. The van der Waals surface area contributed by atoms with Crippen molar-refractivity contribution in [1.82, 2.24) is 19.9 Å². The standard InChI is InChI=1S/C22H18N4O3/c27-20(24-13-15-5-2-1-3-6-15)17-10-8-16(9-11-17)14-26-19-18(7-4-12-23-19)25-21(28)22(26)29/h1-12H,13-14H2,(H,24,27)(H,25,28). The summed E-state index contributed by atoms with van der Waals surface area (Å²) in [6, 6.07) is 20.0. The van der Waals surface area contributed by atoms with E-state index in [1.54, 1.807) is 42.6 Å². The lowest BCUT2D eigenvalue weighted by atomic mass is 10.1. The molecule has 4 rings (SSSR count). The Hall–Kier alpha value is -4.00. The number of carbonyl (C=O) groups is 1. The Morgan fingerprint density at radius 1 is 0.931 bits per heavy atom. The van der Waals surface area contributed by atoms with E-state index in [-0.39, 0.29) is 12.5 Å². The van der Waals surface area contributed by atoms with Gasteiger partial charge in [0.15, 0.2) is 5.65 Å². The molecule has 0 fully saturated rings. The number of rotatable bonds is 5. The molecule has 4 aromatic rings. The maximum absolute atomic E-state index is 12.3. The van der Waals surface area contributed by atoms with Gasteiger partial charge >= 0.3 is 11.1 Å². The fraction of sp³-hybridized carbons (Fsp3) is 0.0909. The second-order valence-corrected chi connectivity index (χ2v) is 6.59. The third kappa shape index (κ3) is 3.98. The Labute approximate surface area is 165 Å². The minimum absolute atomic E-state index is 0.180. The van der Waals surface area contributed by atoms with Gasteiger partial charge in [0.1, 0.15) is 0 Å². The number of benzene rings is 2. The van der Waals surface area contributed by atoms with Crippen molar-refractivity contribution in [2.45, 2.75) is 13.1 Å². The first-order chi connectivity index (χ1) is 14.1. The highest BCUT2D eigenvalue weighted by Crippen LogP contribution is 2.09. The lowest BCUT2D eigenvalue weighted by Crippen LogP contribution is -2.36. The number of aromatic nitrogens is 3. The summed E-state index contributed by atoms with van der Waals surface area (Å²) in [5, 5.41) is 2.88. The summed E-state index contributed by atoms with van der Waals surface area (Å²) < 4.78 is 1.33. The monoisotopic (exact) mass is 386 g/mol. The highest BCUT2D eigenvalue weighted by Gasteiger charge is 2.10. The SMILES string of the molecule is O=C(NCc1ccccc1)c1ccc(Cn2c(=O)c(=O)[nH]c3cccnc32)cc1. The lowest BCUT2D eigenvalue weighted by Gasteiger charge is -2.10. The molecule has 2 aromatic carbocycles. The molecule has 0 unspecified atom stereocenters. The van der Waals surface area contributed by atoms with Crippen molar-refractivity contribution in [1.29, 1.82) is 0 Å². The van der Waals surface area contributed by atoms with Gasteiger partial charge in [-0.2, -0.15) is 0 Å². The normalized spacial score (nSPS) is 10.8. The lowest BCUT2D eigenvalue weighted by molar-refractivity contribution is 0.0951. The molecule has 0 aliphatic carbocycles. The maximum atomic E-state index is 12.3. The van der Waals surface area contributed by atoms with Crippen molar-refractivity contribution in [3.8, 4) is 0 Å². The average molecular weight is 386 g/mol. The van der Waals surface area contributed by atoms with Crippen LogP contribution in [0.5, 0.6) is 0 Å². The van der Waals surface area contributed by atoms with Crippen LogP contribution in [-0.2, 0) is 13.1 Å². The van der Waals surface area contributed by atoms with Gasteiger partial charge in [-0.3, -0.25) is 19.0 Å². The number of pyridine rings is 1. The molecule has 2 aromatic heterocycles. The molecular formula is C22H18N4O3. The Kier molecular flexibility index (Phi) is 5.03. The van der Waals surface area contributed by atoms with Crippen LogP contribution in [-0.4, -0.2) is 20.4 Å². The van der Waals surface area contributed by atoms with E-state index in [1.807, 2.05) is 30.3 Å². The summed E-state index contributed by atoms with van der Waals surface area (Å²) in [7, 11) is 0. The van der Waals surface area contributed by atoms with Gasteiger partial charge in [0.05, 0.1) is 12.1 Å². The van der Waals surface area contributed by atoms with E-state index >= 15 is 0 Å². The maximum Gasteiger partial charge on any atom is 0.318 e. The molecule has 0 saturated heterocycles. The van der Waals surface area contributed by atoms with Crippen molar-refractivity contribution in [2.75, 3.05) is 0 Å². The fourth-order valence-corrected chi connectivity index (χ4v) is 3.08. The van der Waals surface area contributed by atoms with Crippen molar-refractivity contribution in [2.24, 2.45) is 0 Å². The Bertz CT molecular complexity index is 1280. The number of nitrogens with zero attached hydrogens (tertiary/aromatic N) is 2. The van der Waals surface area contributed by atoms with E-state index in [9.17, 15) is 14.4 Å². The molecule has 2 heterocycles. The van der Waals surface area contributed by atoms with Gasteiger partial charge in [-0.1, -0.05) is 42.5 Å². The van der Waals surface area contributed by atoms with Crippen LogP contribution < -0.4 is 16.4 Å². The number of fused-ring (bicyclic) bond motifs is 1. The predicted molar refractivity (Wildman–Crippen MR) is 110 cm³/mol. The summed E-state index contributed by atoms with van der Waals surface area (Å²) in [4.78, 5) is 43.3. The van der Waals surface area contributed by atoms with Crippen LogP contribution in [0, 0.1) is 0 Å². The highest BCUT2D eigenvalue weighted by molar-refractivity contribution is 5.94. The molecule has 0 bridgehead atoms. The zero-order chi connectivity index (χ0) is 20.2. The largest absolute Gasteiger partial charge is 0.348 e. The number of amides is 1. The molecular weight excluding hydrogens is 368 g/mol. The number of H-pyrrole nitrogens is 1. The van der Waals surface area contributed by atoms with Crippen molar-refractivity contribution in [3.05, 3.63) is 110 Å². The van der Waals surface area contributed by atoms with Gasteiger partial charge in [0, 0.05) is 18.3 Å².